The molecule has 0 aliphatic carbocycles. The number of piperidine rings is 1. The van der Waals surface area contributed by atoms with Gasteiger partial charge in [0.25, 0.3) is 0 Å². The van der Waals surface area contributed by atoms with Crippen LogP contribution in [0.4, 0.5) is 18.9 Å². The number of carbonyl (C=O) groups excluding carboxylic acids is 1. The van der Waals surface area contributed by atoms with Gasteiger partial charge in [-0.3, -0.25) is 4.79 Å². The van der Waals surface area contributed by atoms with Crippen LogP contribution < -0.4 is 10.1 Å². The first-order valence-electron chi connectivity index (χ1n) is 7.75. The summed E-state index contributed by atoms with van der Waals surface area (Å²) in [5.41, 5.74) is 0.350. The predicted octanol–water partition coefficient (Wildman–Crippen LogP) is 2.59. The molecule has 1 aromatic rings. The third kappa shape index (κ3) is 5.60. The van der Waals surface area contributed by atoms with Crippen molar-refractivity contribution in [3.05, 3.63) is 24.3 Å². The zero-order valence-electron chi connectivity index (χ0n) is 13.5. The highest BCUT2D eigenvalue weighted by Gasteiger charge is 2.31. The molecule has 0 unspecified atom stereocenters. The number of hydrogen-bond acceptors (Lipinski definition) is 4. The molecule has 1 N–H and O–H groups in total. The lowest BCUT2D eigenvalue weighted by Gasteiger charge is -2.30. The summed E-state index contributed by atoms with van der Waals surface area (Å²) in [5.74, 6) is -0.966. The lowest BCUT2D eigenvalue weighted by atomic mass is 9.97. The Hall–Kier alpha value is -1.81. The smallest absolute Gasteiger partial charge is 0.406 e. The first kappa shape index (κ1) is 19.5. The Morgan fingerprint density at radius 1 is 1.24 bits per heavy atom. The molecule has 0 spiro atoms. The largest absolute Gasteiger partial charge is 0.573 e. The summed E-state index contributed by atoms with van der Waals surface area (Å²) in [4.78, 5) is 12.2. The van der Waals surface area contributed by atoms with Crippen molar-refractivity contribution in [1.82, 2.24) is 4.31 Å². The first-order valence-corrected chi connectivity index (χ1v) is 9.36. The maximum absolute atomic E-state index is 12.2. The molecule has 1 fully saturated rings. The van der Waals surface area contributed by atoms with E-state index in [1.165, 1.54) is 16.4 Å². The highest BCUT2D eigenvalue weighted by Crippen LogP contribution is 2.25. The average Bonchev–Trinajstić information content (AvgIpc) is 2.55. The molecule has 1 aromatic carbocycles. The van der Waals surface area contributed by atoms with Gasteiger partial charge in [0, 0.05) is 24.7 Å². The van der Waals surface area contributed by atoms with E-state index in [2.05, 4.69) is 10.1 Å². The second-order valence-corrected chi connectivity index (χ2v) is 7.89. The molecule has 0 atom stereocenters. The Morgan fingerprint density at radius 2 is 1.80 bits per heavy atom. The summed E-state index contributed by atoms with van der Waals surface area (Å²) in [6, 6.07) is 4.85. The molecule has 1 heterocycles. The van der Waals surface area contributed by atoms with Crippen molar-refractivity contribution in [2.75, 3.05) is 24.2 Å². The minimum Gasteiger partial charge on any atom is -0.406 e. The van der Waals surface area contributed by atoms with Crippen LogP contribution in [0, 0.1) is 5.92 Å². The second-order valence-electron chi connectivity index (χ2n) is 5.64. The molecular weight excluding hydrogens is 361 g/mol. The van der Waals surface area contributed by atoms with Crippen LogP contribution in [-0.2, 0) is 14.8 Å². The fourth-order valence-corrected chi connectivity index (χ4v) is 3.70. The van der Waals surface area contributed by atoms with Crippen molar-refractivity contribution in [2.24, 2.45) is 5.92 Å². The van der Waals surface area contributed by atoms with E-state index in [1.807, 2.05) is 0 Å². The average molecular weight is 380 g/mol. The van der Waals surface area contributed by atoms with E-state index in [0.717, 1.165) is 12.1 Å². The number of benzene rings is 1. The van der Waals surface area contributed by atoms with Gasteiger partial charge in [-0.1, -0.05) is 0 Å². The van der Waals surface area contributed by atoms with Crippen LogP contribution >= 0.6 is 0 Å². The molecule has 1 amide bonds. The predicted molar refractivity (Wildman–Crippen MR) is 85.5 cm³/mol. The minimum absolute atomic E-state index is 0.0240. The minimum atomic E-state index is -4.77. The number of amides is 1. The van der Waals surface area contributed by atoms with Gasteiger partial charge in [-0.2, -0.15) is 0 Å². The highest BCUT2D eigenvalue weighted by molar-refractivity contribution is 7.89. The van der Waals surface area contributed by atoms with Crippen LogP contribution in [0.2, 0.25) is 0 Å². The van der Waals surface area contributed by atoms with Gasteiger partial charge in [0.15, 0.2) is 0 Å². The molecule has 25 heavy (non-hydrogen) atoms. The summed E-state index contributed by atoms with van der Waals surface area (Å²) < 4.78 is 65.0. The molecule has 1 aliphatic heterocycles. The van der Waals surface area contributed by atoms with Crippen LogP contribution in [0.25, 0.3) is 0 Å². The van der Waals surface area contributed by atoms with Gasteiger partial charge in [0.05, 0.1) is 5.75 Å². The van der Waals surface area contributed by atoms with Gasteiger partial charge in [-0.15, -0.1) is 13.2 Å². The third-order valence-corrected chi connectivity index (χ3v) is 5.82. The fraction of sp³-hybridized carbons (Fsp3) is 0.533. The summed E-state index contributed by atoms with van der Waals surface area (Å²) in [7, 11) is -3.25. The van der Waals surface area contributed by atoms with Crippen molar-refractivity contribution in [3.8, 4) is 5.75 Å². The van der Waals surface area contributed by atoms with Crippen LogP contribution in [0.3, 0.4) is 0 Å². The van der Waals surface area contributed by atoms with E-state index in [-0.39, 0.29) is 36.4 Å². The van der Waals surface area contributed by atoms with Gasteiger partial charge in [-0.05, 0) is 44.0 Å². The number of rotatable bonds is 5. The molecule has 1 saturated heterocycles. The number of hydrogen-bond donors (Lipinski definition) is 1. The number of anilines is 1. The molecule has 0 aromatic heterocycles. The van der Waals surface area contributed by atoms with Crippen LogP contribution in [0.1, 0.15) is 19.8 Å². The molecule has 0 bridgehead atoms. The number of alkyl halides is 3. The molecule has 0 saturated carbocycles. The second kappa shape index (κ2) is 7.61. The molecular formula is C15H19F3N2O4S. The molecule has 0 radical (unpaired) electrons. The van der Waals surface area contributed by atoms with Crippen molar-refractivity contribution < 1.29 is 31.1 Å². The van der Waals surface area contributed by atoms with Crippen molar-refractivity contribution in [3.63, 3.8) is 0 Å². The highest BCUT2D eigenvalue weighted by atomic mass is 32.2. The molecule has 140 valence electrons. The zero-order chi connectivity index (χ0) is 18.7. The summed E-state index contributed by atoms with van der Waals surface area (Å²) in [6.45, 7) is 2.14. The number of ether oxygens (including phenoxy) is 1. The SMILES string of the molecule is CCS(=O)(=O)N1CCC(C(=O)Nc2ccc(OC(F)(F)F)cc2)CC1. The monoisotopic (exact) mass is 380 g/mol. The van der Waals surface area contributed by atoms with Gasteiger partial charge in [-0.25, -0.2) is 12.7 Å². The van der Waals surface area contributed by atoms with Crippen LogP contribution in [-0.4, -0.2) is 43.8 Å². The van der Waals surface area contributed by atoms with Gasteiger partial charge in [0.1, 0.15) is 5.75 Å². The van der Waals surface area contributed by atoms with E-state index in [4.69, 9.17) is 0 Å². The third-order valence-electron chi connectivity index (χ3n) is 3.94. The van der Waals surface area contributed by atoms with Gasteiger partial charge in [0.2, 0.25) is 15.9 Å². The Bertz CT molecular complexity index is 696. The maximum Gasteiger partial charge on any atom is 0.573 e. The number of sulfonamides is 1. The normalized spacial score (nSPS) is 17.3. The number of carbonyl (C=O) groups is 1. The summed E-state index contributed by atoms with van der Waals surface area (Å²) >= 11 is 0. The lowest BCUT2D eigenvalue weighted by molar-refractivity contribution is -0.274. The topological polar surface area (TPSA) is 75.7 Å². The Kier molecular flexibility index (Phi) is 5.94. The van der Waals surface area contributed by atoms with Crippen LogP contribution in [0.15, 0.2) is 24.3 Å². The van der Waals surface area contributed by atoms with Crippen molar-refractivity contribution >= 4 is 21.6 Å². The molecule has 10 heteroatoms. The van der Waals surface area contributed by atoms with Crippen molar-refractivity contribution in [2.45, 2.75) is 26.1 Å². The lowest BCUT2D eigenvalue weighted by Crippen LogP contribution is -2.42. The zero-order valence-corrected chi connectivity index (χ0v) is 14.4. The van der Waals surface area contributed by atoms with E-state index in [0.29, 0.717) is 18.5 Å². The van der Waals surface area contributed by atoms with E-state index in [9.17, 15) is 26.4 Å². The van der Waals surface area contributed by atoms with E-state index >= 15 is 0 Å². The Balaban J connectivity index is 1.89. The maximum atomic E-state index is 12.2. The first-order chi connectivity index (χ1) is 11.6. The fourth-order valence-electron chi connectivity index (χ4n) is 2.56. The number of nitrogens with one attached hydrogen (secondary N) is 1. The van der Waals surface area contributed by atoms with E-state index < -0.39 is 16.4 Å². The summed E-state index contributed by atoms with van der Waals surface area (Å²) in [6.07, 6.45) is -3.96. The van der Waals surface area contributed by atoms with Gasteiger partial charge >= 0.3 is 6.36 Å². The van der Waals surface area contributed by atoms with Gasteiger partial charge < -0.3 is 10.1 Å². The number of nitrogens with zero attached hydrogens (tertiary/aromatic N) is 1. The molecule has 2 rings (SSSR count). The van der Waals surface area contributed by atoms with E-state index in [1.54, 1.807) is 6.92 Å². The Labute approximate surface area is 144 Å². The quantitative estimate of drug-likeness (QED) is 0.852. The Morgan fingerprint density at radius 3 is 2.28 bits per heavy atom. The standard InChI is InChI=1S/C15H19F3N2O4S/c1-2-25(22,23)20-9-7-11(8-10-20)14(21)19-12-3-5-13(6-4-12)24-15(16,17)18/h3-6,11H,2,7-10H2,1H3,(H,19,21). The number of halogens is 3. The molecule has 6 nitrogen and oxygen atoms in total. The van der Waals surface area contributed by atoms with Crippen LogP contribution in [0.5, 0.6) is 5.75 Å². The molecule has 1 aliphatic rings. The van der Waals surface area contributed by atoms with Crippen molar-refractivity contribution in [1.29, 1.82) is 0 Å². The summed E-state index contributed by atoms with van der Waals surface area (Å²) in [5, 5.41) is 2.63.